The zero-order chi connectivity index (χ0) is 10.4. The van der Waals surface area contributed by atoms with E-state index in [1.807, 2.05) is 6.92 Å². The van der Waals surface area contributed by atoms with Crippen molar-refractivity contribution in [3.8, 4) is 0 Å². The molecule has 3 nitrogen and oxygen atoms in total. The SMILES string of the molecule is CC(C)CCC(C)C(N)CC(=O)O. The summed E-state index contributed by atoms with van der Waals surface area (Å²) < 4.78 is 0. The van der Waals surface area contributed by atoms with Crippen LogP contribution in [0.5, 0.6) is 0 Å². The molecule has 0 aliphatic heterocycles. The summed E-state index contributed by atoms with van der Waals surface area (Å²) in [6, 6.07) is -0.198. The molecule has 3 N–H and O–H groups in total. The Balaban J connectivity index is 3.68. The van der Waals surface area contributed by atoms with E-state index in [4.69, 9.17) is 10.8 Å². The van der Waals surface area contributed by atoms with Crippen molar-refractivity contribution in [1.29, 1.82) is 0 Å². The van der Waals surface area contributed by atoms with Gasteiger partial charge < -0.3 is 10.8 Å². The van der Waals surface area contributed by atoms with E-state index in [-0.39, 0.29) is 12.5 Å². The van der Waals surface area contributed by atoms with Crippen LogP contribution in [0.15, 0.2) is 0 Å². The lowest BCUT2D eigenvalue weighted by atomic mass is 9.92. The van der Waals surface area contributed by atoms with E-state index >= 15 is 0 Å². The first-order valence-electron chi connectivity index (χ1n) is 4.90. The lowest BCUT2D eigenvalue weighted by Crippen LogP contribution is -2.31. The maximum absolute atomic E-state index is 10.4. The van der Waals surface area contributed by atoms with Crippen LogP contribution >= 0.6 is 0 Å². The molecule has 0 aliphatic carbocycles. The van der Waals surface area contributed by atoms with Gasteiger partial charge in [-0.3, -0.25) is 4.79 Å². The molecule has 0 radical (unpaired) electrons. The highest BCUT2D eigenvalue weighted by atomic mass is 16.4. The highest BCUT2D eigenvalue weighted by Gasteiger charge is 2.15. The standard InChI is InChI=1S/C10H21NO2/c1-7(2)4-5-8(3)9(11)6-10(12)13/h7-9H,4-6,11H2,1-3H3,(H,12,13). The van der Waals surface area contributed by atoms with Gasteiger partial charge in [-0.05, 0) is 18.3 Å². The van der Waals surface area contributed by atoms with Crippen molar-refractivity contribution in [3.63, 3.8) is 0 Å². The summed E-state index contributed by atoms with van der Waals surface area (Å²) >= 11 is 0. The van der Waals surface area contributed by atoms with Gasteiger partial charge in [-0.15, -0.1) is 0 Å². The Morgan fingerprint density at radius 1 is 1.31 bits per heavy atom. The van der Waals surface area contributed by atoms with Gasteiger partial charge in [-0.2, -0.15) is 0 Å². The van der Waals surface area contributed by atoms with E-state index in [1.165, 1.54) is 0 Å². The molecule has 3 heteroatoms. The van der Waals surface area contributed by atoms with Crippen LogP contribution in [0.25, 0.3) is 0 Å². The predicted octanol–water partition coefficient (Wildman–Crippen LogP) is 1.86. The fourth-order valence-electron chi connectivity index (χ4n) is 1.21. The minimum atomic E-state index is -0.802. The Labute approximate surface area is 80.3 Å². The van der Waals surface area contributed by atoms with Crippen LogP contribution < -0.4 is 5.73 Å². The van der Waals surface area contributed by atoms with E-state index in [0.717, 1.165) is 12.8 Å². The van der Waals surface area contributed by atoms with Gasteiger partial charge in [0, 0.05) is 6.04 Å². The van der Waals surface area contributed by atoms with Crippen molar-refractivity contribution in [2.75, 3.05) is 0 Å². The molecule has 2 atom stereocenters. The van der Waals surface area contributed by atoms with Gasteiger partial charge >= 0.3 is 5.97 Å². The second-order valence-corrected chi connectivity index (χ2v) is 4.21. The third-order valence-electron chi connectivity index (χ3n) is 2.34. The number of carboxylic acid groups (broad SMARTS) is 1. The van der Waals surface area contributed by atoms with Crippen molar-refractivity contribution in [2.24, 2.45) is 17.6 Å². The minimum absolute atomic E-state index is 0.0826. The number of carbonyl (C=O) groups is 1. The third kappa shape index (κ3) is 6.58. The predicted molar refractivity (Wildman–Crippen MR) is 53.5 cm³/mol. The Morgan fingerprint density at radius 3 is 2.23 bits per heavy atom. The molecule has 0 amide bonds. The Hall–Kier alpha value is -0.570. The topological polar surface area (TPSA) is 63.3 Å². The van der Waals surface area contributed by atoms with Gasteiger partial charge in [-0.25, -0.2) is 0 Å². The molecule has 0 fully saturated rings. The van der Waals surface area contributed by atoms with Gasteiger partial charge in [0.25, 0.3) is 0 Å². The van der Waals surface area contributed by atoms with Crippen molar-refractivity contribution < 1.29 is 9.90 Å². The van der Waals surface area contributed by atoms with Crippen LogP contribution in [-0.4, -0.2) is 17.1 Å². The van der Waals surface area contributed by atoms with Crippen molar-refractivity contribution in [1.82, 2.24) is 0 Å². The minimum Gasteiger partial charge on any atom is -0.481 e. The zero-order valence-corrected chi connectivity index (χ0v) is 8.79. The summed E-state index contributed by atoms with van der Waals surface area (Å²) in [5, 5.41) is 8.53. The van der Waals surface area contributed by atoms with Gasteiger partial charge in [0.05, 0.1) is 6.42 Å². The van der Waals surface area contributed by atoms with Crippen LogP contribution in [0.1, 0.15) is 40.0 Å². The quantitative estimate of drug-likeness (QED) is 0.667. The second-order valence-electron chi connectivity index (χ2n) is 4.21. The Bertz CT molecular complexity index is 157. The smallest absolute Gasteiger partial charge is 0.304 e. The summed E-state index contributed by atoms with van der Waals surface area (Å²) in [6.45, 7) is 6.35. The first-order valence-corrected chi connectivity index (χ1v) is 4.90. The molecule has 0 saturated carbocycles. The molecular weight excluding hydrogens is 166 g/mol. The summed E-state index contributed by atoms with van der Waals surface area (Å²) in [5.74, 6) is 0.168. The highest BCUT2D eigenvalue weighted by Crippen LogP contribution is 2.15. The Kier molecular flexibility index (Phi) is 5.71. The van der Waals surface area contributed by atoms with Crippen LogP contribution in [0.3, 0.4) is 0 Å². The lowest BCUT2D eigenvalue weighted by Gasteiger charge is -2.18. The highest BCUT2D eigenvalue weighted by molar-refractivity contribution is 5.67. The molecule has 0 aromatic carbocycles. The summed E-state index contributed by atoms with van der Waals surface area (Å²) in [4.78, 5) is 10.4. The number of carboxylic acids is 1. The molecule has 0 rings (SSSR count). The van der Waals surface area contributed by atoms with Gasteiger partial charge in [0.15, 0.2) is 0 Å². The number of nitrogens with two attached hydrogens (primary N) is 1. The number of rotatable bonds is 6. The molecule has 0 heterocycles. The van der Waals surface area contributed by atoms with E-state index < -0.39 is 5.97 Å². The van der Waals surface area contributed by atoms with E-state index in [0.29, 0.717) is 11.8 Å². The molecule has 0 spiro atoms. The van der Waals surface area contributed by atoms with Crippen LogP contribution in [-0.2, 0) is 4.79 Å². The van der Waals surface area contributed by atoms with Crippen molar-refractivity contribution in [2.45, 2.75) is 46.1 Å². The summed E-state index contributed by atoms with van der Waals surface area (Å²) in [7, 11) is 0. The van der Waals surface area contributed by atoms with Gasteiger partial charge in [-0.1, -0.05) is 27.2 Å². The first-order chi connectivity index (χ1) is 5.93. The molecule has 0 aromatic heterocycles. The van der Waals surface area contributed by atoms with Crippen molar-refractivity contribution >= 4 is 5.97 Å². The van der Waals surface area contributed by atoms with Crippen LogP contribution in [0, 0.1) is 11.8 Å². The van der Waals surface area contributed by atoms with E-state index in [2.05, 4.69) is 13.8 Å². The first kappa shape index (κ1) is 12.4. The normalized spacial score (nSPS) is 15.8. The fourth-order valence-corrected chi connectivity index (χ4v) is 1.21. The molecule has 13 heavy (non-hydrogen) atoms. The summed E-state index contributed by atoms with van der Waals surface area (Å²) in [6.07, 6.45) is 2.22. The Morgan fingerprint density at radius 2 is 1.85 bits per heavy atom. The number of hydrogen-bond acceptors (Lipinski definition) is 2. The van der Waals surface area contributed by atoms with Crippen LogP contribution in [0.2, 0.25) is 0 Å². The molecule has 0 aromatic rings. The van der Waals surface area contributed by atoms with Gasteiger partial charge in [0.1, 0.15) is 0 Å². The lowest BCUT2D eigenvalue weighted by molar-refractivity contribution is -0.137. The molecule has 0 aliphatic rings. The largest absolute Gasteiger partial charge is 0.481 e. The molecular formula is C10H21NO2. The number of aliphatic carboxylic acids is 1. The molecule has 2 unspecified atom stereocenters. The van der Waals surface area contributed by atoms with E-state index in [9.17, 15) is 4.79 Å². The summed E-state index contributed by atoms with van der Waals surface area (Å²) in [5.41, 5.74) is 5.72. The number of hydrogen-bond donors (Lipinski definition) is 2. The maximum Gasteiger partial charge on any atom is 0.304 e. The molecule has 0 saturated heterocycles. The maximum atomic E-state index is 10.4. The van der Waals surface area contributed by atoms with E-state index in [1.54, 1.807) is 0 Å². The fraction of sp³-hybridized carbons (Fsp3) is 0.900. The second kappa shape index (κ2) is 5.97. The average molecular weight is 187 g/mol. The zero-order valence-electron chi connectivity index (χ0n) is 8.79. The van der Waals surface area contributed by atoms with Crippen molar-refractivity contribution in [3.05, 3.63) is 0 Å². The molecule has 78 valence electrons. The van der Waals surface area contributed by atoms with Gasteiger partial charge in [0.2, 0.25) is 0 Å². The average Bonchev–Trinajstić information content (AvgIpc) is 1.98. The monoisotopic (exact) mass is 187 g/mol. The van der Waals surface area contributed by atoms with Crippen LogP contribution in [0.4, 0.5) is 0 Å². The third-order valence-corrected chi connectivity index (χ3v) is 2.34. The molecule has 0 bridgehead atoms.